The molecule has 7 rings (SSSR count). The van der Waals surface area contributed by atoms with Crippen molar-refractivity contribution in [2.45, 2.75) is 68.7 Å². The molecule has 6 fully saturated rings. The highest BCUT2D eigenvalue weighted by atomic mass is 16.6. The number of fused-ring (bicyclic) bond motifs is 2. The topological polar surface area (TPSA) is 97.7 Å². The van der Waals surface area contributed by atoms with Crippen LogP contribution in [0.5, 0.6) is 0 Å². The molecule has 1 aliphatic heterocycles. The molecule has 7 bridgehead atoms. The summed E-state index contributed by atoms with van der Waals surface area (Å²) < 4.78 is 25.3. The summed E-state index contributed by atoms with van der Waals surface area (Å²) in [6.45, 7) is 4.47. The molecule has 224 valence electrons. The zero-order valence-electron chi connectivity index (χ0n) is 24.6. The Balaban J connectivity index is 1.41. The third-order valence-corrected chi connectivity index (χ3v) is 12.6. The van der Waals surface area contributed by atoms with E-state index in [0.717, 1.165) is 31.5 Å². The lowest BCUT2D eigenvalue weighted by atomic mass is 9.43. The molecule has 1 spiro atoms. The predicted octanol–water partition coefficient (Wildman–Crippen LogP) is 2.77. The number of aliphatic hydroxyl groups is 2. The van der Waals surface area contributed by atoms with Gasteiger partial charge in [-0.25, -0.2) is 4.79 Å². The van der Waals surface area contributed by atoms with Gasteiger partial charge in [0.05, 0.1) is 31.0 Å². The first-order valence-electron chi connectivity index (χ1n) is 15.4. The van der Waals surface area contributed by atoms with Crippen LogP contribution in [-0.2, 0) is 23.7 Å². The van der Waals surface area contributed by atoms with E-state index in [1.54, 1.807) is 27.4 Å². The molecule has 0 radical (unpaired) electrons. The minimum atomic E-state index is -0.986. The molecule has 0 unspecified atom stereocenters. The molecule has 0 aromatic heterocycles. The number of esters is 1. The first-order valence-corrected chi connectivity index (χ1v) is 15.4. The van der Waals surface area contributed by atoms with E-state index in [0.29, 0.717) is 19.4 Å². The molecule has 1 heterocycles. The SMILES string of the molecule is CCN1C[C@]2(COC)CC[C@H](O)[C@]34[C@@H]5C[C@H]6[C@H](O)[C@@H]5[C@](OC(=O)/C=C/c5ccccc5)(C[C@@H]6OC)[C@H]([C@H](OC)[C@H]23)[C@@H]14. The molecule has 2 N–H and O–H groups in total. The Morgan fingerprint density at radius 2 is 1.90 bits per heavy atom. The summed E-state index contributed by atoms with van der Waals surface area (Å²) in [5.74, 6) is -0.962. The van der Waals surface area contributed by atoms with Crippen LogP contribution in [0.3, 0.4) is 0 Å². The van der Waals surface area contributed by atoms with E-state index in [1.807, 2.05) is 30.3 Å². The number of hydrogen-bond acceptors (Lipinski definition) is 8. The van der Waals surface area contributed by atoms with E-state index in [-0.39, 0.29) is 53.3 Å². The van der Waals surface area contributed by atoms with E-state index in [4.69, 9.17) is 18.9 Å². The molecule has 6 aliphatic rings. The molecule has 41 heavy (non-hydrogen) atoms. The molecule has 0 amide bonds. The van der Waals surface area contributed by atoms with Crippen molar-refractivity contribution in [2.75, 3.05) is 41.0 Å². The summed E-state index contributed by atoms with van der Waals surface area (Å²) in [7, 11) is 5.24. The fourth-order valence-corrected chi connectivity index (χ4v) is 11.8. The normalized spacial score (nSPS) is 49.4. The van der Waals surface area contributed by atoms with E-state index in [1.165, 1.54) is 6.08 Å². The molecular weight excluding hydrogens is 522 g/mol. The number of piperidine rings is 1. The zero-order valence-corrected chi connectivity index (χ0v) is 24.6. The maximum Gasteiger partial charge on any atom is 0.331 e. The van der Waals surface area contributed by atoms with Gasteiger partial charge in [-0.15, -0.1) is 0 Å². The lowest BCUT2D eigenvalue weighted by molar-refractivity contribution is -0.276. The first-order chi connectivity index (χ1) is 19.8. The average Bonchev–Trinajstić information content (AvgIpc) is 3.38. The zero-order chi connectivity index (χ0) is 28.7. The van der Waals surface area contributed by atoms with E-state index in [9.17, 15) is 15.0 Å². The van der Waals surface area contributed by atoms with Crippen molar-refractivity contribution in [3.05, 3.63) is 42.0 Å². The van der Waals surface area contributed by atoms with Gasteiger partial charge in [-0.1, -0.05) is 37.3 Å². The van der Waals surface area contributed by atoms with Crippen molar-refractivity contribution in [1.82, 2.24) is 4.90 Å². The molecule has 8 heteroatoms. The van der Waals surface area contributed by atoms with Crippen LogP contribution >= 0.6 is 0 Å². The lowest BCUT2D eigenvalue weighted by Gasteiger charge is -2.69. The standard InChI is InChI=1S/C33H45NO7/c1-5-34-17-31(18-38-2)14-13-23(35)33-21-15-20-22(39-3)16-32(25(21)27(20)37,26(30(33)34)28(40-4)29(31)33)41-24(36)12-11-19-9-7-6-8-10-19/h6-12,20-23,25-30,35,37H,5,13-18H2,1-4H3/b12-11+/t20-,21-,22+,23+,25-,26-,27+,28+,29-,30-,31+,32-,33-/m1/s1. The highest BCUT2D eigenvalue weighted by Crippen LogP contribution is 2.79. The van der Waals surface area contributed by atoms with Crippen molar-refractivity contribution in [1.29, 1.82) is 0 Å². The number of benzene rings is 1. The maximum atomic E-state index is 13.8. The summed E-state index contributed by atoms with van der Waals surface area (Å²) in [6, 6.07) is 9.69. The second kappa shape index (κ2) is 9.86. The summed E-state index contributed by atoms with van der Waals surface area (Å²) in [4.78, 5) is 16.3. The third-order valence-electron chi connectivity index (χ3n) is 12.6. The van der Waals surface area contributed by atoms with E-state index in [2.05, 4.69) is 11.8 Å². The van der Waals surface area contributed by atoms with Crippen LogP contribution in [0.4, 0.5) is 0 Å². The second-order valence-corrected chi connectivity index (χ2v) is 13.7. The number of methoxy groups -OCH3 is 3. The van der Waals surface area contributed by atoms with Gasteiger partial charge in [0.1, 0.15) is 5.60 Å². The van der Waals surface area contributed by atoms with Crippen LogP contribution < -0.4 is 0 Å². The van der Waals surface area contributed by atoms with Crippen LogP contribution in [0.25, 0.3) is 6.08 Å². The number of carbonyl (C=O) groups is 1. The second-order valence-electron chi connectivity index (χ2n) is 13.7. The van der Waals surface area contributed by atoms with Crippen LogP contribution in [0.2, 0.25) is 0 Å². The molecule has 1 aromatic rings. The van der Waals surface area contributed by atoms with Gasteiger partial charge < -0.3 is 29.2 Å². The van der Waals surface area contributed by atoms with Crippen molar-refractivity contribution >= 4 is 12.0 Å². The Hall–Kier alpha value is -1.81. The molecular formula is C33H45NO7. The quantitative estimate of drug-likeness (QED) is 0.366. The number of rotatable bonds is 8. The Kier molecular flexibility index (Phi) is 6.73. The van der Waals surface area contributed by atoms with Crippen LogP contribution in [0.1, 0.15) is 38.2 Å². The minimum absolute atomic E-state index is 0.0270. The minimum Gasteiger partial charge on any atom is -0.455 e. The number of likely N-dealkylation sites (tertiary alicyclic amines) is 1. The Labute approximate surface area is 243 Å². The Bertz CT molecular complexity index is 1190. The maximum absolute atomic E-state index is 13.8. The number of nitrogens with zero attached hydrogens (tertiary/aromatic N) is 1. The summed E-state index contributed by atoms with van der Waals surface area (Å²) >= 11 is 0. The van der Waals surface area contributed by atoms with Gasteiger partial charge in [0.2, 0.25) is 0 Å². The van der Waals surface area contributed by atoms with Gasteiger partial charge in [0.15, 0.2) is 0 Å². The van der Waals surface area contributed by atoms with Gasteiger partial charge in [-0.2, -0.15) is 0 Å². The smallest absolute Gasteiger partial charge is 0.331 e. The third kappa shape index (κ3) is 3.46. The molecule has 13 atom stereocenters. The fraction of sp³-hybridized carbons (Fsp3) is 0.727. The van der Waals surface area contributed by atoms with Crippen LogP contribution in [-0.4, -0.2) is 98.2 Å². The highest BCUT2D eigenvalue weighted by molar-refractivity contribution is 5.87. The van der Waals surface area contributed by atoms with Crippen molar-refractivity contribution in [2.24, 2.45) is 40.4 Å². The van der Waals surface area contributed by atoms with Gasteiger partial charge >= 0.3 is 5.97 Å². The largest absolute Gasteiger partial charge is 0.455 e. The Morgan fingerprint density at radius 1 is 1.12 bits per heavy atom. The van der Waals surface area contributed by atoms with Crippen molar-refractivity contribution in [3.63, 3.8) is 0 Å². The average molecular weight is 568 g/mol. The van der Waals surface area contributed by atoms with Crippen molar-refractivity contribution < 1.29 is 34.0 Å². The predicted molar refractivity (Wildman–Crippen MR) is 152 cm³/mol. The van der Waals surface area contributed by atoms with E-state index >= 15 is 0 Å². The summed E-state index contributed by atoms with van der Waals surface area (Å²) in [6.07, 6.45) is 4.44. The molecule has 8 nitrogen and oxygen atoms in total. The molecule has 1 saturated heterocycles. The van der Waals surface area contributed by atoms with E-state index < -0.39 is 29.2 Å². The number of carbonyl (C=O) groups excluding carboxylic acids is 1. The van der Waals surface area contributed by atoms with Gasteiger partial charge in [0.25, 0.3) is 0 Å². The van der Waals surface area contributed by atoms with Crippen LogP contribution in [0, 0.1) is 40.4 Å². The number of hydrogen-bond donors (Lipinski definition) is 2. The molecule has 5 saturated carbocycles. The van der Waals surface area contributed by atoms with Crippen LogP contribution in [0.15, 0.2) is 36.4 Å². The number of ether oxygens (including phenoxy) is 4. The summed E-state index contributed by atoms with van der Waals surface area (Å²) in [5.41, 5.74) is -0.727. The highest BCUT2D eigenvalue weighted by Gasteiger charge is 2.87. The van der Waals surface area contributed by atoms with Gasteiger partial charge in [-0.05, 0) is 43.4 Å². The Morgan fingerprint density at radius 3 is 2.59 bits per heavy atom. The fourth-order valence-electron chi connectivity index (χ4n) is 11.8. The van der Waals surface area contributed by atoms with Gasteiger partial charge in [0, 0.05) is 80.9 Å². The monoisotopic (exact) mass is 567 g/mol. The van der Waals surface area contributed by atoms with Gasteiger partial charge in [-0.3, -0.25) is 4.90 Å². The summed E-state index contributed by atoms with van der Waals surface area (Å²) in [5, 5.41) is 24.2. The molecule has 5 aliphatic carbocycles. The number of aliphatic hydroxyl groups excluding tert-OH is 2. The lowest BCUT2D eigenvalue weighted by Crippen LogP contribution is -2.76. The first kappa shape index (κ1) is 28.0. The molecule has 1 aromatic carbocycles. The van der Waals surface area contributed by atoms with Crippen molar-refractivity contribution in [3.8, 4) is 0 Å².